The average molecular weight is 342 g/mol. The average Bonchev–Trinajstić information content (AvgIpc) is 3.23. The van der Waals surface area contributed by atoms with Crippen LogP contribution < -0.4 is 5.14 Å². The summed E-state index contributed by atoms with van der Waals surface area (Å²) in [6.07, 6.45) is 2.41. The highest BCUT2D eigenvalue weighted by Crippen LogP contribution is 2.30. The molecule has 0 aromatic heterocycles. The Balaban J connectivity index is 2.32. The van der Waals surface area contributed by atoms with Gasteiger partial charge in [0.05, 0.1) is 4.90 Å². The zero-order valence-corrected chi connectivity index (χ0v) is 14.6. The number of carbonyl (C=O) groups excluding carboxylic acids is 1. The van der Waals surface area contributed by atoms with Gasteiger partial charge < -0.3 is 4.90 Å². The topological polar surface area (TPSA) is 80.5 Å². The second kappa shape index (κ2) is 6.60. The summed E-state index contributed by atoms with van der Waals surface area (Å²) in [5, 5.41) is 5.29. The molecular weight excluding hydrogens is 320 g/mol. The third kappa shape index (κ3) is 4.02. The van der Waals surface area contributed by atoms with Crippen LogP contribution >= 0.6 is 12.6 Å². The van der Waals surface area contributed by atoms with Crippen molar-refractivity contribution in [1.29, 1.82) is 0 Å². The van der Waals surface area contributed by atoms with Crippen LogP contribution in [0.15, 0.2) is 17.0 Å². The lowest BCUT2D eigenvalue weighted by atomic mass is 10.1. The summed E-state index contributed by atoms with van der Waals surface area (Å²) < 4.78 is 23.4. The minimum Gasteiger partial charge on any atom is -0.335 e. The Kier molecular flexibility index (Phi) is 5.19. The van der Waals surface area contributed by atoms with E-state index in [2.05, 4.69) is 12.6 Å². The molecule has 1 saturated carbocycles. The molecule has 1 aromatic rings. The number of nitrogens with zero attached hydrogens (tertiary/aromatic N) is 1. The molecule has 2 N–H and O–H groups in total. The SMILES string of the molecule is Cc1cc(CN(C(=O)CCS)C2CC2)cc(S(N)(=O)=O)c1C. The first kappa shape index (κ1) is 17.3. The fraction of sp³-hybridized carbons (Fsp3) is 0.533. The molecule has 0 aliphatic heterocycles. The predicted octanol–water partition coefficient (Wildman–Crippen LogP) is 1.76. The standard InChI is InChI=1S/C15H22N2O3S2/c1-10-7-12(8-14(11(10)2)22(16,19)20)9-17(13-3-4-13)15(18)5-6-21/h7-8,13,21H,3-6,9H2,1-2H3,(H2,16,19,20). The van der Waals surface area contributed by atoms with Gasteiger partial charge in [-0.15, -0.1) is 0 Å². The number of carbonyl (C=O) groups is 1. The van der Waals surface area contributed by atoms with Crippen LogP contribution in [0.3, 0.4) is 0 Å². The van der Waals surface area contributed by atoms with Crippen molar-refractivity contribution in [2.45, 2.75) is 50.6 Å². The molecule has 0 heterocycles. The molecule has 0 atom stereocenters. The summed E-state index contributed by atoms with van der Waals surface area (Å²) in [6.45, 7) is 4.01. The number of aryl methyl sites for hydroxylation is 1. The van der Waals surface area contributed by atoms with Crippen LogP contribution in [0.1, 0.15) is 36.0 Å². The normalized spacial score (nSPS) is 14.9. The number of rotatable bonds is 6. The van der Waals surface area contributed by atoms with E-state index in [1.165, 1.54) is 0 Å². The van der Waals surface area contributed by atoms with E-state index in [1.807, 2.05) is 17.9 Å². The van der Waals surface area contributed by atoms with Gasteiger partial charge in [-0.3, -0.25) is 4.79 Å². The molecule has 1 aliphatic carbocycles. The molecule has 0 unspecified atom stereocenters. The van der Waals surface area contributed by atoms with E-state index < -0.39 is 10.0 Å². The Morgan fingerprint density at radius 3 is 2.50 bits per heavy atom. The molecule has 1 aromatic carbocycles. The number of amides is 1. The minimum absolute atomic E-state index is 0.0629. The molecule has 1 aliphatic rings. The molecule has 7 heteroatoms. The number of benzene rings is 1. The molecule has 1 amide bonds. The van der Waals surface area contributed by atoms with Gasteiger partial charge in [-0.25, -0.2) is 13.6 Å². The van der Waals surface area contributed by atoms with Gasteiger partial charge in [-0.05, 0) is 55.2 Å². The molecule has 2 rings (SSSR count). The zero-order chi connectivity index (χ0) is 16.5. The lowest BCUT2D eigenvalue weighted by molar-refractivity contribution is -0.131. The highest BCUT2D eigenvalue weighted by Gasteiger charge is 2.32. The van der Waals surface area contributed by atoms with Crippen LogP contribution in [0.25, 0.3) is 0 Å². The summed E-state index contributed by atoms with van der Waals surface area (Å²) >= 11 is 4.11. The van der Waals surface area contributed by atoms with Gasteiger partial charge in [0.2, 0.25) is 15.9 Å². The van der Waals surface area contributed by atoms with Crippen molar-refractivity contribution in [1.82, 2.24) is 4.90 Å². The van der Waals surface area contributed by atoms with Crippen molar-refractivity contribution in [3.05, 3.63) is 28.8 Å². The molecule has 0 saturated heterocycles. The van der Waals surface area contributed by atoms with E-state index in [-0.39, 0.29) is 16.8 Å². The summed E-state index contributed by atoms with van der Waals surface area (Å²) in [5.74, 6) is 0.574. The van der Waals surface area contributed by atoms with Gasteiger partial charge in [0.25, 0.3) is 0 Å². The van der Waals surface area contributed by atoms with Crippen molar-refractivity contribution in [2.24, 2.45) is 5.14 Å². The number of primary sulfonamides is 1. The fourth-order valence-electron chi connectivity index (χ4n) is 2.53. The number of sulfonamides is 1. The van der Waals surface area contributed by atoms with Gasteiger partial charge in [0, 0.05) is 19.0 Å². The predicted molar refractivity (Wildman–Crippen MR) is 89.3 cm³/mol. The highest BCUT2D eigenvalue weighted by molar-refractivity contribution is 7.89. The van der Waals surface area contributed by atoms with E-state index in [0.717, 1.165) is 24.0 Å². The van der Waals surface area contributed by atoms with Crippen molar-refractivity contribution < 1.29 is 13.2 Å². The first-order chi connectivity index (χ1) is 10.2. The third-order valence-corrected chi connectivity index (χ3v) is 5.23. The second-order valence-corrected chi connectivity index (χ2v) is 7.78. The van der Waals surface area contributed by atoms with Crippen molar-refractivity contribution in [3.8, 4) is 0 Å². The quantitative estimate of drug-likeness (QED) is 0.773. The van der Waals surface area contributed by atoms with Crippen molar-refractivity contribution >= 4 is 28.6 Å². The van der Waals surface area contributed by atoms with Crippen LogP contribution in [0, 0.1) is 13.8 Å². The number of nitrogens with two attached hydrogens (primary N) is 1. The lowest BCUT2D eigenvalue weighted by Crippen LogP contribution is -2.32. The Hall–Kier alpha value is -1.05. The van der Waals surface area contributed by atoms with Crippen LogP contribution in [-0.2, 0) is 21.4 Å². The van der Waals surface area contributed by atoms with E-state index in [9.17, 15) is 13.2 Å². The van der Waals surface area contributed by atoms with E-state index >= 15 is 0 Å². The number of thiol groups is 1. The largest absolute Gasteiger partial charge is 0.335 e. The summed E-state index contributed by atoms with van der Waals surface area (Å²) in [6, 6.07) is 3.78. The van der Waals surface area contributed by atoms with Crippen LogP contribution in [0.4, 0.5) is 0 Å². The molecule has 1 fully saturated rings. The maximum atomic E-state index is 12.2. The summed E-state index contributed by atoms with van der Waals surface area (Å²) in [5.41, 5.74) is 2.32. The van der Waals surface area contributed by atoms with Gasteiger partial charge in [-0.2, -0.15) is 12.6 Å². The lowest BCUT2D eigenvalue weighted by Gasteiger charge is -2.23. The fourth-order valence-corrected chi connectivity index (χ4v) is 3.62. The van der Waals surface area contributed by atoms with Gasteiger partial charge in [-0.1, -0.05) is 6.07 Å². The summed E-state index contributed by atoms with van der Waals surface area (Å²) in [7, 11) is -3.77. The third-order valence-electron chi connectivity index (χ3n) is 3.97. The minimum atomic E-state index is -3.77. The maximum absolute atomic E-state index is 12.2. The first-order valence-corrected chi connectivity index (χ1v) is 9.45. The smallest absolute Gasteiger partial charge is 0.238 e. The van der Waals surface area contributed by atoms with E-state index in [4.69, 9.17) is 5.14 Å². The van der Waals surface area contributed by atoms with E-state index in [0.29, 0.717) is 24.3 Å². The number of hydrogen-bond acceptors (Lipinski definition) is 4. The Morgan fingerprint density at radius 2 is 2.00 bits per heavy atom. The Labute approximate surface area is 137 Å². The molecule has 122 valence electrons. The van der Waals surface area contributed by atoms with Gasteiger partial charge >= 0.3 is 0 Å². The number of hydrogen-bond donors (Lipinski definition) is 2. The van der Waals surface area contributed by atoms with Crippen LogP contribution in [-0.4, -0.2) is 31.0 Å². The molecule has 0 spiro atoms. The van der Waals surface area contributed by atoms with Crippen LogP contribution in [0.5, 0.6) is 0 Å². The molecular formula is C15H22N2O3S2. The zero-order valence-electron chi connectivity index (χ0n) is 12.9. The Bertz CT molecular complexity index is 682. The maximum Gasteiger partial charge on any atom is 0.238 e. The summed E-state index contributed by atoms with van der Waals surface area (Å²) in [4.78, 5) is 14.2. The molecule has 0 bridgehead atoms. The molecule has 0 radical (unpaired) electrons. The van der Waals surface area contributed by atoms with Crippen LogP contribution in [0.2, 0.25) is 0 Å². The molecule has 5 nitrogen and oxygen atoms in total. The van der Waals surface area contributed by atoms with Crippen molar-refractivity contribution in [3.63, 3.8) is 0 Å². The monoisotopic (exact) mass is 342 g/mol. The second-order valence-electron chi connectivity index (χ2n) is 5.81. The van der Waals surface area contributed by atoms with E-state index in [1.54, 1.807) is 13.0 Å². The highest BCUT2D eigenvalue weighted by atomic mass is 32.2. The van der Waals surface area contributed by atoms with Gasteiger partial charge in [0.1, 0.15) is 0 Å². The van der Waals surface area contributed by atoms with Crippen molar-refractivity contribution in [2.75, 3.05) is 5.75 Å². The first-order valence-electron chi connectivity index (χ1n) is 7.27. The molecule has 22 heavy (non-hydrogen) atoms. The van der Waals surface area contributed by atoms with Gasteiger partial charge in [0.15, 0.2) is 0 Å². The Morgan fingerprint density at radius 1 is 1.36 bits per heavy atom.